The zero-order valence-electron chi connectivity index (χ0n) is 13.5. The Bertz CT molecular complexity index is 571. The van der Waals surface area contributed by atoms with Gasteiger partial charge in [-0.2, -0.15) is 5.10 Å². The van der Waals surface area contributed by atoms with Crippen molar-refractivity contribution in [1.29, 1.82) is 0 Å². The molecule has 2 fully saturated rings. The maximum atomic E-state index is 12.0. The van der Waals surface area contributed by atoms with E-state index in [1.807, 2.05) is 9.58 Å². The van der Waals surface area contributed by atoms with Crippen LogP contribution in [0.15, 0.2) is 12.4 Å². The molecule has 2 aliphatic heterocycles. The van der Waals surface area contributed by atoms with Gasteiger partial charge in [0.2, 0.25) is 5.91 Å². The largest absolute Gasteiger partial charge is 0.366 e. The number of nitrogens with zero attached hydrogens (tertiary/aromatic N) is 4. The number of primary amides is 1. The average molecular weight is 319 g/mol. The monoisotopic (exact) mass is 319 g/mol. The Kier molecular flexibility index (Phi) is 4.95. The minimum absolute atomic E-state index is 0.280. The molecule has 3 rings (SSSR count). The number of likely N-dealkylation sites (tertiary alicyclic amines) is 2. The molecule has 2 N–H and O–H groups in total. The molecular weight excluding hydrogens is 294 g/mol. The van der Waals surface area contributed by atoms with Crippen molar-refractivity contribution in [2.75, 3.05) is 32.7 Å². The summed E-state index contributed by atoms with van der Waals surface area (Å²) in [7, 11) is 0. The molecule has 1 aromatic rings. The SMILES string of the molecule is NC(=O)c1cnn(C2CCN(CCN3CCCCCC3=O)C2)c1. The Balaban J connectivity index is 1.49. The maximum absolute atomic E-state index is 12.0. The van der Waals surface area contributed by atoms with E-state index >= 15 is 0 Å². The third-order valence-corrected chi connectivity index (χ3v) is 4.87. The van der Waals surface area contributed by atoms with E-state index in [2.05, 4.69) is 10.00 Å². The Morgan fingerprint density at radius 2 is 2.13 bits per heavy atom. The van der Waals surface area contributed by atoms with Gasteiger partial charge in [0, 0.05) is 45.3 Å². The molecule has 2 amide bonds. The fourth-order valence-corrected chi connectivity index (χ4v) is 3.43. The number of carbonyl (C=O) groups is 2. The van der Waals surface area contributed by atoms with E-state index in [-0.39, 0.29) is 6.04 Å². The Labute approximate surface area is 136 Å². The van der Waals surface area contributed by atoms with Gasteiger partial charge in [-0.15, -0.1) is 0 Å². The van der Waals surface area contributed by atoms with Crippen molar-refractivity contribution in [3.63, 3.8) is 0 Å². The lowest BCUT2D eigenvalue weighted by atomic mass is 10.2. The third kappa shape index (κ3) is 3.90. The van der Waals surface area contributed by atoms with E-state index in [4.69, 9.17) is 5.73 Å². The van der Waals surface area contributed by atoms with E-state index in [1.54, 1.807) is 6.20 Å². The number of hydrogen-bond donors (Lipinski definition) is 1. The second-order valence-corrected chi connectivity index (χ2v) is 6.51. The summed E-state index contributed by atoms with van der Waals surface area (Å²) in [5, 5.41) is 4.25. The molecular formula is C16H25N5O2. The van der Waals surface area contributed by atoms with Crippen molar-refractivity contribution in [3.8, 4) is 0 Å². The Hall–Kier alpha value is -1.89. The molecule has 126 valence electrons. The first-order chi connectivity index (χ1) is 11.1. The molecule has 0 aliphatic carbocycles. The van der Waals surface area contributed by atoms with Crippen LogP contribution in [0.25, 0.3) is 0 Å². The lowest BCUT2D eigenvalue weighted by Crippen LogP contribution is -2.37. The highest BCUT2D eigenvalue weighted by atomic mass is 16.2. The van der Waals surface area contributed by atoms with Crippen LogP contribution in [0.5, 0.6) is 0 Å². The molecule has 0 bridgehead atoms. The molecule has 0 saturated carbocycles. The van der Waals surface area contributed by atoms with Gasteiger partial charge in [0.05, 0.1) is 17.8 Å². The summed E-state index contributed by atoms with van der Waals surface area (Å²) < 4.78 is 1.84. The van der Waals surface area contributed by atoms with Crippen molar-refractivity contribution in [1.82, 2.24) is 19.6 Å². The molecule has 23 heavy (non-hydrogen) atoms. The third-order valence-electron chi connectivity index (χ3n) is 4.87. The van der Waals surface area contributed by atoms with Gasteiger partial charge in [0.15, 0.2) is 0 Å². The zero-order valence-corrected chi connectivity index (χ0v) is 13.5. The fraction of sp³-hybridized carbons (Fsp3) is 0.688. The van der Waals surface area contributed by atoms with Gasteiger partial charge in [-0.1, -0.05) is 6.42 Å². The predicted octanol–water partition coefficient (Wildman–Crippen LogP) is 0.631. The van der Waals surface area contributed by atoms with Crippen molar-refractivity contribution in [2.24, 2.45) is 5.73 Å². The minimum Gasteiger partial charge on any atom is -0.366 e. The summed E-state index contributed by atoms with van der Waals surface area (Å²) in [4.78, 5) is 27.6. The quantitative estimate of drug-likeness (QED) is 0.863. The van der Waals surface area contributed by atoms with Crippen LogP contribution in [0, 0.1) is 0 Å². The van der Waals surface area contributed by atoms with Gasteiger partial charge in [0.1, 0.15) is 0 Å². The van der Waals surface area contributed by atoms with Crippen LogP contribution in [0.3, 0.4) is 0 Å². The summed E-state index contributed by atoms with van der Waals surface area (Å²) in [6.07, 6.45) is 8.28. The highest BCUT2D eigenvalue weighted by Gasteiger charge is 2.26. The van der Waals surface area contributed by atoms with Crippen LogP contribution < -0.4 is 5.73 Å². The predicted molar refractivity (Wildman–Crippen MR) is 85.9 cm³/mol. The topological polar surface area (TPSA) is 84.5 Å². The molecule has 2 saturated heterocycles. The van der Waals surface area contributed by atoms with Gasteiger partial charge >= 0.3 is 0 Å². The van der Waals surface area contributed by atoms with Crippen LogP contribution in [0.2, 0.25) is 0 Å². The van der Waals surface area contributed by atoms with E-state index in [0.29, 0.717) is 17.9 Å². The number of hydrogen-bond acceptors (Lipinski definition) is 4. The lowest BCUT2D eigenvalue weighted by molar-refractivity contribution is -0.130. The zero-order chi connectivity index (χ0) is 16.2. The molecule has 0 spiro atoms. The highest BCUT2D eigenvalue weighted by Crippen LogP contribution is 2.21. The number of nitrogens with two attached hydrogens (primary N) is 1. The molecule has 0 aromatic carbocycles. The number of carbonyl (C=O) groups excluding carboxylic acids is 2. The molecule has 7 nitrogen and oxygen atoms in total. The van der Waals surface area contributed by atoms with Crippen molar-refractivity contribution in [2.45, 2.75) is 38.1 Å². The van der Waals surface area contributed by atoms with Crippen molar-refractivity contribution in [3.05, 3.63) is 18.0 Å². The molecule has 1 atom stereocenters. The second-order valence-electron chi connectivity index (χ2n) is 6.51. The first-order valence-corrected chi connectivity index (χ1v) is 8.47. The molecule has 7 heteroatoms. The first kappa shape index (κ1) is 16.0. The summed E-state index contributed by atoms with van der Waals surface area (Å²) in [5.74, 6) is -0.137. The maximum Gasteiger partial charge on any atom is 0.251 e. The summed E-state index contributed by atoms with van der Waals surface area (Å²) in [6, 6.07) is 0.280. The second kappa shape index (κ2) is 7.12. The molecule has 0 radical (unpaired) electrons. The highest BCUT2D eigenvalue weighted by molar-refractivity contribution is 5.92. The van der Waals surface area contributed by atoms with E-state index in [1.165, 1.54) is 6.20 Å². The van der Waals surface area contributed by atoms with Gasteiger partial charge in [-0.3, -0.25) is 19.2 Å². The first-order valence-electron chi connectivity index (χ1n) is 8.47. The average Bonchev–Trinajstić information content (AvgIpc) is 3.14. The molecule has 1 aromatic heterocycles. The normalized spacial score (nSPS) is 23.2. The fourth-order valence-electron chi connectivity index (χ4n) is 3.43. The summed E-state index contributed by atoms with van der Waals surface area (Å²) in [5.41, 5.74) is 5.73. The molecule has 3 heterocycles. The number of aromatic nitrogens is 2. The summed E-state index contributed by atoms with van der Waals surface area (Å²) in [6.45, 7) is 4.53. The molecule has 2 aliphatic rings. The van der Waals surface area contributed by atoms with Crippen molar-refractivity contribution < 1.29 is 9.59 Å². The smallest absolute Gasteiger partial charge is 0.251 e. The minimum atomic E-state index is -0.439. The lowest BCUT2D eigenvalue weighted by Gasteiger charge is -2.24. The van der Waals surface area contributed by atoms with Gasteiger partial charge < -0.3 is 10.6 Å². The van der Waals surface area contributed by atoms with Crippen LogP contribution >= 0.6 is 0 Å². The number of amides is 2. The van der Waals surface area contributed by atoms with Gasteiger partial charge in [0.25, 0.3) is 5.91 Å². The van der Waals surface area contributed by atoms with Crippen LogP contribution in [-0.4, -0.2) is 64.1 Å². The van der Waals surface area contributed by atoms with Gasteiger partial charge in [-0.05, 0) is 19.3 Å². The van der Waals surface area contributed by atoms with E-state index < -0.39 is 5.91 Å². The molecule has 1 unspecified atom stereocenters. The standard InChI is InChI=1S/C16H25N5O2/c17-16(23)13-10-18-21(11-13)14-5-7-19(12-14)8-9-20-6-3-1-2-4-15(20)22/h10-11,14H,1-9,12H2,(H2,17,23). The van der Waals surface area contributed by atoms with Crippen molar-refractivity contribution >= 4 is 11.8 Å². The number of rotatable bonds is 5. The Morgan fingerprint density at radius 1 is 1.26 bits per heavy atom. The van der Waals surface area contributed by atoms with Crippen LogP contribution in [0.4, 0.5) is 0 Å². The van der Waals surface area contributed by atoms with E-state index in [0.717, 1.165) is 58.4 Å². The van der Waals surface area contributed by atoms with Crippen LogP contribution in [0.1, 0.15) is 48.5 Å². The van der Waals surface area contributed by atoms with Crippen LogP contribution in [-0.2, 0) is 4.79 Å². The summed E-state index contributed by atoms with van der Waals surface area (Å²) >= 11 is 0. The van der Waals surface area contributed by atoms with E-state index in [9.17, 15) is 9.59 Å². The Morgan fingerprint density at radius 3 is 2.91 bits per heavy atom. The van der Waals surface area contributed by atoms with Gasteiger partial charge in [-0.25, -0.2) is 0 Å².